The Kier molecular flexibility index (Phi) is 14.2. The number of amides is 4. The van der Waals surface area contributed by atoms with Gasteiger partial charge in [-0.05, 0) is 41.7 Å². The van der Waals surface area contributed by atoms with E-state index in [1.54, 1.807) is 17.2 Å². The van der Waals surface area contributed by atoms with E-state index in [0.29, 0.717) is 17.8 Å². The van der Waals surface area contributed by atoms with Crippen molar-refractivity contribution in [1.29, 1.82) is 0 Å². The summed E-state index contributed by atoms with van der Waals surface area (Å²) in [7, 11) is 0. The van der Waals surface area contributed by atoms with Crippen LogP contribution < -0.4 is 21.7 Å². The molecule has 15 heteroatoms. The van der Waals surface area contributed by atoms with Gasteiger partial charge in [-0.2, -0.15) is 0 Å². The summed E-state index contributed by atoms with van der Waals surface area (Å²) in [5.41, 5.74) is 7.64. The number of nitrogens with one attached hydrogen (secondary N) is 3. The van der Waals surface area contributed by atoms with E-state index in [2.05, 4.69) is 31.9 Å². The van der Waals surface area contributed by atoms with Crippen LogP contribution in [0.5, 0.6) is 0 Å². The molecule has 0 aliphatic rings. The molecule has 0 radical (unpaired) electrons. The van der Waals surface area contributed by atoms with Gasteiger partial charge in [-0.25, -0.2) is 13.6 Å². The van der Waals surface area contributed by atoms with Gasteiger partial charge in [-0.3, -0.25) is 19.2 Å². The second kappa shape index (κ2) is 17.9. The largest absolute Gasteiger partial charge is 0.480 e. The topological polar surface area (TPSA) is 176 Å². The fraction of sp³-hybridized carbons (Fsp3) is 0.400. The van der Waals surface area contributed by atoms with Gasteiger partial charge in [0, 0.05) is 49.6 Å². The first kappa shape index (κ1) is 39.8. The number of halogens is 3. The predicted molar refractivity (Wildman–Crippen MR) is 187 cm³/mol. The van der Waals surface area contributed by atoms with E-state index in [1.807, 2.05) is 55.7 Å². The highest BCUT2D eigenvalue weighted by atomic mass is 79.9. The molecule has 6 N–H and O–H groups in total. The normalized spacial score (nSPS) is 13.1. The summed E-state index contributed by atoms with van der Waals surface area (Å²) in [4.78, 5) is 63.0. The van der Waals surface area contributed by atoms with E-state index in [1.165, 1.54) is 6.92 Å². The quantitative estimate of drug-likeness (QED) is 0.139. The number of carboxylic acid groups (broad SMARTS) is 1. The number of benzene rings is 2. The van der Waals surface area contributed by atoms with Crippen molar-refractivity contribution in [2.24, 2.45) is 11.1 Å². The maximum atomic E-state index is 15.0. The van der Waals surface area contributed by atoms with Crippen LogP contribution in [0.25, 0.3) is 11.1 Å². The van der Waals surface area contributed by atoms with Crippen molar-refractivity contribution in [3.05, 3.63) is 83.7 Å². The van der Waals surface area contributed by atoms with Crippen molar-refractivity contribution in [3.8, 4) is 11.1 Å². The lowest BCUT2D eigenvalue weighted by Crippen LogP contribution is -2.54. The number of carbonyl (C=O) groups is 5. The molecule has 1 aromatic heterocycles. The van der Waals surface area contributed by atoms with Crippen LogP contribution in [0.2, 0.25) is 0 Å². The van der Waals surface area contributed by atoms with Crippen molar-refractivity contribution >= 4 is 45.5 Å². The highest BCUT2D eigenvalue weighted by Gasteiger charge is 2.37. The average molecular weight is 762 g/mol. The summed E-state index contributed by atoms with van der Waals surface area (Å²) >= 11 is 2.95. The smallest absolute Gasteiger partial charge is 0.328 e. The lowest BCUT2D eigenvalue weighted by atomic mass is 9.82. The Balaban J connectivity index is 1.86. The predicted octanol–water partition coefficient (Wildman–Crippen LogP) is 3.33. The molecule has 0 fully saturated rings. The van der Waals surface area contributed by atoms with Crippen LogP contribution in [0.3, 0.4) is 0 Å². The Labute approximate surface area is 297 Å². The second-order valence-corrected chi connectivity index (χ2v) is 13.4. The Morgan fingerprint density at radius 2 is 1.68 bits per heavy atom. The number of alkyl halides is 1. The first-order valence-electron chi connectivity index (χ1n) is 15.9. The van der Waals surface area contributed by atoms with E-state index in [9.17, 15) is 37.9 Å². The molecule has 4 amide bonds. The molecule has 0 unspecified atom stereocenters. The maximum absolute atomic E-state index is 15.0. The first-order chi connectivity index (χ1) is 23.5. The molecule has 0 spiro atoms. The molecule has 0 saturated carbocycles. The van der Waals surface area contributed by atoms with Crippen molar-refractivity contribution in [2.75, 3.05) is 25.0 Å². The summed E-state index contributed by atoms with van der Waals surface area (Å²) in [5, 5.41) is 16.6. The van der Waals surface area contributed by atoms with E-state index < -0.39 is 65.4 Å². The maximum Gasteiger partial charge on any atom is 0.328 e. The molecular weight excluding hydrogens is 718 g/mol. The van der Waals surface area contributed by atoms with Crippen LogP contribution >= 0.6 is 15.9 Å². The summed E-state index contributed by atoms with van der Waals surface area (Å²) in [6, 6.07) is 11.1. The standard InChI is InChI=1S/C35H43BrF2N6O6/c1-21(45)44(13-12-27(39)33(48)42-28(34(49)50)17-40-31(47)18-41-30(46)16-36)32(35(2,3)4)29-14-23(25-15-24(37)10-11-26(25)38)20-43(29)19-22-8-6-5-7-9-22/h5-11,14-15,20,27-28,32H,12-13,16-19,39H2,1-4H3,(H,40,47)(H,41,46)(H,42,48)(H,49,50)/t27-,28+,32-/m0/s1. The van der Waals surface area contributed by atoms with Gasteiger partial charge in [-0.1, -0.05) is 67.0 Å². The summed E-state index contributed by atoms with van der Waals surface area (Å²) in [6.07, 6.45) is 1.66. The third-order valence-corrected chi connectivity index (χ3v) is 8.39. The minimum atomic E-state index is -1.52. The number of aromatic nitrogens is 1. The van der Waals surface area contributed by atoms with E-state index in [0.717, 1.165) is 23.8 Å². The SMILES string of the molecule is CC(=O)N(CC[C@H](N)C(=O)N[C@H](CNC(=O)CNC(=O)CBr)C(=O)O)[C@@H](c1cc(-c2cc(F)ccc2F)cn1Cc1ccccc1)C(C)(C)C. The molecule has 0 aliphatic carbocycles. The lowest BCUT2D eigenvalue weighted by Gasteiger charge is -2.41. The van der Waals surface area contributed by atoms with Crippen molar-refractivity contribution in [2.45, 2.75) is 58.8 Å². The van der Waals surface area contributed by atoms with Crippen LogP contribution in [0.4, 0.5) is 8.78 Å². The van der Waals surface area contributed by atoms with Gasteiger partial charge in [0.25, 0.3) is 0 Å². The van der Waals surface area contributed by atoms with Crippen LogP contribution in [0.15, 0.2) is 60.8 Å². The van der Waals surface area contributed by atoms with Gasteiger partial charge in [0.1, 0.15) is 17.7 Å². The Bertz CT molecular complexity index is 1680. The number of aliphatic carboxylic acids is 1. The van der Waals surface area contributed by atoms with Gasteiger partial charge in [0.15, 0.2) is 0 Å². The third kappa shape index (κ3) is 11.2. The lowest BCUT2D eigenvalue weighted by molar-refractivity contribution is -0.142. The molecule has 3 rings (SSSR count). The molecule has 2 aromatic carbocycles. The number of rotatable bonds is 16. The average Bonchev–Trinajstić information content (AvgIpc) is 3.46. The van der Waals surface area contributed by atoms with E-state index in [4.69, 9.17) is 5.73 Å². The first-order valence-corrected chi connectivity index (χ1v) is 17.0. The number of carbonyl (C=O) groups excluding carboxylic acids is 4. The zero-order chi connectivity index (χ0) is 37.2. The monoisotopic (exact) mass is 760 g/mol. The zero-order valence-corrected chi connectivity index (χ0v) is 29.9. The fourth-order valence-corrected chi connectivity index (χ4v) is 5.67. The number of nitrogens with two attached hydrogens (primary N) is 1. The Hall–Kier alpha value is -4.63. The zero-order valence-electron chi connectivity index (χ0n) is 28.3. The summed E-state index contributed by atoms with van der Waals surface area (Å²) in [5.74, 6) is -4.87. The fourth-order valence-electron chi connectivity index (χ4n) is 5.47. The summed E-state index contributed by atoms with van der Waals surface area (Å²) in [6.45, 7) is 6.68. The Morgan fingerprint density at radius 3 is 2.28 bits per heavy atom. The molecule has 50 heavy (non-hydrogen) atoms. The molecule has 12 nitrogen and oxygen atoms in total. The highest BCUT2D eigenvalue weighted by molar-refractivity contribution is 9.09. The van der Waals surface area contributed by atoms with Crippen LogP contribution in [0.1, 0.15) is 51.4 Å². The molecule has 270 valence electrons. The van der Waals surface area contributed by atoms with Crippen LogP contribution in [-0.4, -0.2) is 81.2 Å². The molecule has 1 heterocycles. The molecular formula is C35H43BrF2N6O6. The minimum Gasteiger partial charge on any atom is -0.480 e. The van der Waals surface area contributed by atoms with Crippen LogP contribution in [-0.2, 0) is 30.5 Å². The van der Waals surface area contributed by atoms with Crippen molar-refractivity contribution in [3.63, 3.8) is 0 Å². The molecule has 0 aliphatic heterocycles. The van der Waals surface area contributed by atoms with E-state index in [-0.39, 0.29) is 36.3 Å². The van der Waals surface area contributed by atoms with Gasteiger partial charge < -0.3 is 36.3 Å². The van der Waals surface area contributed by atoms with Gasteiger partial charge in [0.2, 0.25) is 23.6 Å². The number of hydrogen-bond donors (Lipinski definition) is 5. The number of hydrogen-bond acceptors (Lipinski definition) is 6. The Morgan fingerprint density at radius 1 is 1.00 bits per heavy atom. The molecule has 0 saturated heterocycles. The molecule has 0 bridgehead atoms. The van der Waals surface area contributed by atoms with Crippen molar-refractivity contribution in [1.82, 2.24) is 25.4 Å². The third-order valence-electron chi connectivity index (χ3n) is 7.88. The van der Waals surface area contributed by atoms with Crippen molar-refractivity contribution < 1.29 is 37.9 Å². The van der Waals surface area contributed by atoms with Gasteiger partial charge >= 0.3 is 5.97 Å². The van der Waals surface area contributed by atoms with E-state index >= 15 is 0 Å². The highest BCUT2D eigenvalue weighted by Crippen LogP contribution is 2.41. The van der Waals surface area contributed by atoms with Crippen LogP contribution in [0, 0.1) is 17.0 Å². The molecule has 3 aromatic rings. The number of nitrogens with zero attached hydrogens (tertiary/aromatic N) is 2. The second-order valence-electron chi connectivity index (χ2n) is 12.9. The van der Waals surface area contributed by atoms with Gasteiger partial charge in [-0.15, -0.1) is 0 Å². The van der Waals surface area contributed by atoms with Gasteiger partial charge in [0.05, 0.1) is 24.0 Å². The minimum absolute atomic E-state index is 0.00617. The number of carboxylic acids is 1. The summed E-state index contributed by atoms with van der Waals surface area (Å²) < 4.78 is 31.1. The molecule has 3 atom stereocenters.